The van der Waals surface area contributed by atoms with Gasteiger partial charge in [0.2, 0.25) is 5.43 Å². The number of nitrogens with one attached hydrogen (secondary N) is 1. The van der Waals surface area contributed by atoms with Gasteiger partial charge in [-0.05, 0) is 48.1 Å². The van der Waals surface area contributed by atoms with E-state index >= 15 is 0 Å². The van der Waals surface area contributed by atoms with Gasteiger partial charge >= 0.3 is 0 Å². The Labute approximate surface area is 155 Å². The van der Waals surface area contributed by atoms with Gasteiger partial charge in [-0.25, -0.2) is 4.39 Å². The van der Waals surface area contributed by atoms with Crippen LogP contribution in [0, 0.1) is 5.82 Å². The van der Waals surface area contributed by atoms with E-state index in [0.717, 1.165) is 24.4 Å². The molecule has 1 N–H and O–H groups in total. The molecule has 1 aliphatic carbocycles. The van der Waals surface area contributed by atoms with Gasteiger partial charge < -0.3 is 4.57 Å². The van der Waals surface area contributed by atoms with Crippen molar-refractivity contribution < 1.29 is 9.18 Å². The van der Waals surface area contributed by atoms with Gasteiger partial charge in [-0.15, -0.1) is 0 Å². The molecule has 134 valence electrons. The van der Waals surface area contributed by atoms with Gasteiger partial charge in [0.1, 0.15) is 22.3 Å². The van der Waals surface area contributed by atoms with Crippen LogP contribution in [0.15, 0.2) is 46.0 Å². The fourth-order valence-electron chi connectivity index (χ4n) is 3.55. The number of H-pyrrole nitrogens is 1. The summed E-state index contributed by atoms with van der Waals surface area (Å²) in [5, 5.41) is 0.292. The summed E-state index contributed by atoms with van der Waals surface area (Å²) in [6.45, 7) is 0. The number of pyridine rings is 1. The number of aromatic nitrogens is 2. The lowest BCUT2D eigenvalue weighted by Crippen LogP contribution is -2.15. The average Bonchev–Trinajstić information content (AvgIpc) is 3.44. The number of carbonyl (C=O) groups is 1. The van der Waals surface area contributed by atoms with Crippen LogP contribution in [0.4, 0.5) is 4.39 Å². The first-order chi connectivity index (χ1) is 13.1. The van der Waals surface area contributed by atoms with Crippen molar-refractivity contribution >= 4 is 38.9 Å². The second-order valence-corrected chi connectivity index (χ2v) is 7.53. The van der Waals surface area contributed by atoms with E-state index in [1.54, 1.807) is 30.3 Å². The van der Waals surface area contributed by atoms with Crippen LogP contribution in [-0.4, -0.2) is 15.2 Å². The predicted molar refractivity (Wildman–Crippen MR) is 103 cm³/mol. The standard InChI is InChI=1S/C20H13FN2O3S/c21-15-7-14-16(8-13(15)11-3-1-2-10(6-11)9-24)23(12-4-5-12)20-17(18(14)25)19(26)22-27-20/h1-3,6-9,12H,4-5H2,(H,22,26). The Morgan fingerprint density at radius 1 is 1.19 bits per heavy atom. The molecule has 1 aliphatic rings. The number of hydrogen-bond acceptors (Lipinski definition) is 4. The fraction of sp³-hybridized carbons (Fsp3) is 0.150. The third kappa shape index (κ3) is 2.39. The maximum absolute atomic E-state index is 14.9. The zero-order valence-corrected chi connectivity index (χ0v) is 14.8. The maximum Gasteiger partial charge on any atom is 0.271 e. The molecule has 5 rings (SSSR count). The van der Waals surface area contributed by atoms with Crippen molar-refractivity contribution in [2.45, 2.75) is 18.9 Å². The highest BCUT2D eigenvalue weighted by Gasteiger charge is 2.29. The Kier molecular flexibility index (Phi) is 3.42. The quantitative estimate of drug-likeness (QED) is 0.549. The molecule has 27 heavy (non-hydrogen) atoms. The molecule has 0 saturated heterocycles. The van der Waals surface area contributed by atoms with Gasteiger partial charge in [0.25, 0.3) is 5.56 Å². The first-order valence-corrected chi connectivity index (χ1v) is 9.34. The van der Waals surface area contributed by atoms with Crippen molar-refractivity contribution in [1.29, 1.82) is 0 Å². The van der Waals surface area contributed by atoms with Crippen LogP contribution in [-0.2, 0) is 0 Å². The minimum absolute atomic E-state index is 0.0921. The SMILES string of the molecule is O=Cc1cccc(-c2cc3c(cc2F)c(=O)c2c(=O)[nH]sc2n3C2CC2)c1. The molecule has 0 radical (unpaired) electrons. The zero-order chi connectivity index (χ0) is 18.7. The van der Waals surface area contributed by atoms with Crippen LogP contribution in [0.5, 0.6) is 0 Å². The van der Waals surface area contributed by atoms with E-state index < -0.39 is 16.8 Å². The second kappa shape index (κ2) is 5.72. The van der Waals surface area contributed by atoms with Crippen molar-refractivity contribution in [3.8, 4) is 11.1 Å². The van der Waals surface area contributed by atoms with E-state index in [9.17, 15) is 18.8 Å². The molecule has 7 heteroatoms. The molecule has 2 aromatic heterocycles. The van der Waals surface area contributed by atoms with E-state index in [1.165, 1.54) is 6.07 Å². The summed E-state index contributed by atoms with van der Waals surface area (Å²) in [6, 6.07) is 9.73. The molecule has 4 aromatic rings. The summed E-state index contributed by atoms with van der Waals surface area (Å²) in [4.78, 5) is 36.6. The number of rotatable bonds is 3. The number of aromatic amines is 1. The van der Waals surface area contributed by atoms with Crippen molar-refractivity contribution in [3.63, 3.8) is 0 Å². The summed E-state index contributed by atoms with van der Waals surface area (Å²) in [7, 11) is 0. The summed E-state index contributed by atoms with van der Waals surface area (Å²) in [5.74, 6) is -0.559. The van der Waals surface area contributed by atoms with Gasteiger partial charge in [-0.3, -0.25) is 18.8 Å². The number of benzene rings is 2. The van der Waals surface area contributed by atoms with Crippen LogP contribution in [0.25, 0.3) is 32.2 Å². The molecule has 1 fully saturated rings. The first kappa shape index (κ1) is 16.1. The lowest BCUT2D eigenvalue weighted by molar-refractivity contribution is 0.112. The minimum Gasteiger partial charge on any atom is -0.328 e. The molecular formula is C20H13FN2O3S. The summed E-state index contributed by atoms with van der Waals surface area (Å²) >= 11 is 1.14. The normalized spacial score (nSPS) is 14.1. The Morgan fingerprint density at radius 3 is 2.74 bits per heavy atom. The largest absolute Gasteiger partial charge is 0.328 e. The summed E-state index contributed by atoms with van der Waals surface area (Å²) in [6.07, 6.45) is 2.61. The van der Waals surface area contributed by atoms with Crippen molar-refractivity contribution in [1.82, 2.24) is 8.94 Å². The van der Waals surface area contributed by atoms with Crippen molar-refractivity contribution in [2.24, 2.45) is 0 Å². The van der Waals surface area contributed by atoms with Gasteiger partial charge in [-0.2, -0.15) is 0 Å². The lowest BCUT2D eigenvalue weighted by atomic mass is 10.0. The van der Waals surface area contributed by atoms with Crippen LogP contribution in [0.1, 0.15) is 29.2 Å². The molecule has 0 bridgehead atoms. The van der Waals surface area contributed by atoms with Crippen molar-refractivity contribution in [3.05, 3.63) is 68.4 Å². The third-order valence-corrected chi connectivity index (χ3v) is 5.84. The number of carbonyl (C=O) groups excluding carboxylic acids is 1. The Balaban J connectivity index is 1.91. The van der Waals surface area contributed by atoms with E-state index in [-0.39, 0.29) is 16.8 Å². The molecule has 0 atom stereocenters. The molecular weight excluding hydrogens is 367 g/mol. The minimum atomic E-state index is -0.559. The molecule has 0 unspecified atom stereocenters. The highest BCUT2D eigenvalue weighted by atomic mass is 32.1. The number of nitrogens with zero attached hydrogens (tertiary/aromatic N) is 1. The molecule has 2 heterocycles. The molecule has 0 aliphatic heterocycles. The number of hydrogen-bond donors (Lipinski definition) is 1. The van der Waals surface area contributed by atoms with E-state index in [0.29, 0.717) is 33.3 Å². The Bertz CT molecular complexity index is 1360. The first-order valence-electron chi connectivity index (χ1n) is 8.53. The van der Waals surface area contributed by atoms with Gasteiger partial charge in [-0.1, -0.05) is 18.2 Å². The molecule has 2 aromatic carbocycles. The van der Waals surface area contributed by atoms with Crippen LogP contribution >= 0.6 is 11.5 Å². The van der Waals surface area contributed by atoms with E-state index in [1.807, 2.05) is 4.57 Å². The molecule has 0 spiro atoms. The van der Waals surface area contributed by atoms with E-state index in [2.05, 4.69) is 4.37 Å². The Morgan fingerprint density at radius 2 is 2.00 bits per heavy atom. The highest BCUT2D eigenvalue weighted by Crippen LogP contribution is 2.40. The third-order valence-electron chi connectivity index (χ3n) is 4.96. The molecule has 5 nitrogen and oxygen atoms in total. The van der Waals surface area contributed by atoms with Gasteiger partial charge in [0, 0.05) is 22.6 Å². The van der Waals surface area contributed by atoms with Crippen LogP contribution < -0.4 is 11.0 Å². The summed E-state index contributed by atoms with van der Waals surface area (Å²) in [5.41, 5.74) is 1.06. The van der Waals surface area contributed by atoms with Crippen LogP contribution in [0.3, 0.4) is 0 Å². The predicted octanol–water partition coefficient (Wildman–Crippen LogP) is 3.86. The zero-order valence-electron chi connectivity index (χ0n) is 14.0. The van der Waals surface area contributed by atoms with Crippen LogP contribution in [0.2, 0.25) is 0 Å². The van der Waals surface area contributed by atoms with Gasteiger partial charge in [0.15, 0.2) is 0 Å². The topological polar surface area (TPSA) is 71.9 Å². The number of halogens is 1. The maximum atomic E-state index is 14.9. The highest BCUT2D eigenvalue weighted by molar-refractivity contribution is 7.12. The monoisotopic (exact) mass is 380 g/mol. The number of aldehydes is 1. The summed E-state index contributed by atoms with van der Waals surface area (Å²) < 4.78 is 19.5. The molecule has 1 saturated carbocycles. The van der Waals surface area contributed by atoms with E-state index in [4.69, 9.17) is 0 Å². The fourth-order valence-corrected chi connectivity index (χ4v) is 4.47. The van der Waals surface area contributed by atoms with Crippen molar-refractivity contribution in [2.75, 3.05) is 0 Å². The van der Waals surface area contributed by atoms with Gasteiger partial charge in [0.05, 0.1) is 5.52 Å². The average molecular weight is 380 g/mol. The molecule has 0 amide bonds. The number of fused-ring (bicyclic) bond motifs is 2. The Hall–Kier alpha value is -3.06. The second-order valence-electron chi connectivity index (χ2n) is 6.74. The smallest absolute Gasteiger partial charge is 0.271 e. The lowest BCUT2D eigenvalue weighted by Gasteiger charge is -2.13.